The zero-order valence-corrected chi connectivity index (χ0v) is 16.2. The summed E-state index contributed by atoms with van der Waals surface area (Å²) < 4.78 is 30.8. The maximum absolute atomic E-state index is 12.8. The standard InChI is InChI=1S/C23H19F2N3O2/c1-27(14-16-6-12-19(13-7-16)30-23(24)25)22(29)17-8-10-18(11-9-17)28-15-26-20-4-2-3-5-21(20)28/h2-13,15,23H,14H2,1H3. The van der Waals surface area contributed by atoms with E-state index in [1.54, 1.807) is 42.5 Å². The van der Waals surface area contributed by atoms with Gasteiger partial charge in [-0.3, -0.25) is 9.36 Å². The van der Waals surface area contributed by atoms with Crippen LogP contribution in [0, 0.1) is 0 Å². The number of halogens is 2. The average Bonchev–Trinajstić information content (AvgIpc) is 3.18. The average molecular weight is 407 g/mol. The molecule has 1 heterocycles. The molecule has 0 bridgehead atoms. The third-order valence-electron chi connectivity index (χ3n) is 4.76. The van der Waals surface area contributed by atoms with Crippen LogP contribution in [0.15, 0.2) is 79.1 Å². The highest BCUT2D eigenvalue weighted by atomic mass is 19.3. The summed E-state index contributed by atoms with van der Waals surface area (Å²) in [5, 5.41) is 0. The van der Waals surface area contributed by atoms with Gasteiger partial charge >= 0.3 is 6.61 Å². The number of para-hydroxylation sites is 2. The third kappa shape index (κ3) is 4.15. The summed E-state index contributed by atoms with van der Waals surface area (Å²) in [6.07, 6.45) is 1.76. The lowest BCUT2D eigenvalue weighted by molar-refractivity contribution is -0.0498. The molecule has 0 N–H and O–H groups in total. The van der Waals surface area contributed by atoms with E-state index in [1.807, 2.05) is 41.0 Å². The second kappa shape index (κ2) is 8.32. The molecule has 0 aliphatic rings. The predicted octanol–water partition coefficient (Wildman–Crippen LogP) is 4.90. The van der Waals surface area contributed by atoms with Crippen molar-refractivity contribution in [2.75, 3.05) is 7.05 Å². The Bertz CT molecular complexity index is 1160. The molecule has 0 spiro atoms. The van der Waals surface area contributed by atoms with Gasteiger partial charge in [0.1, 0.15) is 12.1 Å². The number of alkyl halides is 2. The monoisotopic (exact) mass is 407 g/mol. The SMILES string of the molecule is CN(Cc1ccc(OC(F)F)cc1)C(=O)c1ccc(-n2cnc3ccccc32)cc1. The van der Waals surface area contributed by atoms with Gasteiger partial charge in [-0.25, -0.2) is 4.98 Å². The number of ether oxygens (including phenoxy) is 1. The molecule has 0 aliphatic heterocycles. The molecule has 30 heavy (non-hydrogen) atoms. The van der Waals surface area contributed by atoms with Crippen molar-refractivity contribution in [3.8, 4) is 11.4 Å². The van der Waals surface area contributed by atoms with E-state index in [0.29, 0.717) is 12.1 Å². The smallest absolute Gasteiger partial charge is 0.387 e. The van der Waals surface area contributed by atoms with Crippen LogP contribution in [0.3, 0.4) is 0 Å². The maximum Gasteiger partial charge on any atom is 0.387 e. The van der Waals surface area contributed by atoms with Crippen LogP contribution in [-0.4, -0.2) is 34.0 Å². The van der Waals surface area contributed by atoms with Crippen molar-refractivity contribution in [1.29, 1.82) is 0 Å². The Hall–Kier alpha value is -3.74. The van der Waals surface area contributed by atoms with Crippen LogP contribution in [0.4, 0.5) is 8.78 Å². The van der Waals surface area contributed by atoms with Crippen LogP contribution in [-0.2, 0) is 6.54 Å². The van der Waals surface area contributed by atoms with E-state index in [4.69, 9.17) is 0 Å². The number of imidazole rings is 1. The van der Waals surface area contributed by atoms with Crippen molar-refractivity contribution in [2.45, 2.75) is 13.2 Å². The molecule has 0 fully saturated rings. The summed E-state index contributed by atoms with van der Waals surface area (Å²) in [7, 11) is 1.70. The van der Waals surface area contributed by atoms with Crippen LogP contribution >= 0.6 is 0 Å². The minimum atomic E-state index is -2.86. The Morgan fingerprint density at radius 2 is 1.73 bits per heavy atom. The highest BCUT2D eigenvalue weighted by molar-refractivity contribution is 5.94. The normalized spacial score (nSPS) is 11.1. The molecule has 0 saturated heterocycles. The van der Waals surface area contributed by atoms with E-state index < -0.39 is 6.61 Å². The molecule has 4 rings (SSSR count). The number of benzene rings is 3. The van der Waals surface area contributed by atoms with E-state index >= 15 is 0 Å². The number of aromatic nitrogens is 2. The number of rotatable bonds is 6. The summed E-state index contributed by atoms with van der Waals surface area (Å²) in [5.41, 5.74) is 4.19. The van der Waals surface area contributed by atoms with Gasteiger partial charge in [-0.15, -0.1) is 0 Å². The fourth-order valence-electron chi connectivity index (χ4n) is 3.27. The molecule has 0 saturated carbocycles. The van der Waals surface area contributed by atoms with Gasteiger partial charge in [0.2, 0.25) is 0 Å². The van der Waals surface area contributed by atoms with Crippen molar-refractivity contribution >= 4 is 16.9 Å². The minimum Gasteiger partial charge on any atom is -0.435 e. The summed E-state index contributed by atoms with van der Waals surface area (Å²) in [5.74, 6) is -0.0460. The van der Waals surface area contributed by atoms with Gasteiger partial charge in [0, 0.05) is 24.8 Å². The maximum atomic E-state index is 12.8. The Labute approximate surface area is 172 Å². The highest BCUT2D eigenvalue weighted by Gasteiger charge is 2.13. The molecule has 0 atom stereocenters. The van der Waals surface area contributed by atoms with Crippen LogP contribution < -0.4 is 4.74 Å². The molecular weight excluding hydrogens is 388 g/mol. The van der Waals surface area contributed by atoms with Crippen molar-refractivity contribution in [1.82, 2.24) is 14.5 Å². The summed E-state index contributed by atoms with van der Waals surface area (Å²) >= 11 is 0. The van der Waals surface area contributed by atoms with E-state index in [1.165, 1.54) is 12.1 Å². The first-order valence-electron chi connectivity index (χ1n) is 9.33. The molecule has 0 radical (unpaired) electrons. The van der Waals surface area contributed by atoms with Crippen molar-refractivity contribution < 1.29 is 18.3 Å². The summed E-state index contributed by atoms with van der Waals surface area (Å²) in [6, 6.07) is 21.4. The molecule has 152 valence electrons. The molecule has 1 amide bonds. The third-order valence-corrected chi connectivity index (χ3v) is 4.76. The Morgan fingerprint density at radius 3 is 2.43 bits per heavy atom. The molecule has 1 aromatic heterocycles. The van der Waals surface area contributed by atoms with Crippen molar-refractivity contribution in [2.24, 2.45) is 0 Å². The van der Waals surface area contributed by atoms with Crippen LogP contribution in [0.25, 0.3) is 16.7 Å². The quantitative estimate of drug-likeness (QED) is 0.457. The minimum absolute atomic E-state index is 0.0883. The highest BCUT2D eigenvalue weighted by Crippen LogP contribution is 2.20. The lowest BCUT2D eigenvalue weighted by Gasteiger charge is -2.18. The first-order chi connectivity index (χ1) is 14.5. The molecule has 7 heteroatoms. The number of fused-ring (bicyclic) bond motifs is 1. The Balaban J connectivity index is 1.45. The van der Waals surface area contributed by atoms with Gasteiger partial charge in [-0.05, 0) is 54.1 Å². The molecule has 0 unspecified atom stereocenters. The van der Waals surface area contributed by atoms with E-state index in [9.17, 15) is 13.6 Å². The first-order valence-corrected chi connectivity index (χ1v) is 9.33. The second-order valence-corrected chi connectivity index (χ2v) is 6.83. The molecule has 4 aromatic rings. The van der Waals surface area contributed by atoms with Gasteiger partial charge in [0.15, 0.2) is 0 Å². The number of carbonyl (C=O) groups excluding carboxylic acids is 1. The number of hydrogen-bond donors (Lipinski definition) is 0. The van der Waals surface area contributed by atoms with Gasteiger partial charge in [0.25, 0.3) is 5.91 Å². The Morgan fingerprint density at radius 1 is 1.03 bits per heavy atom. The number of carbonyl (C=O) groups is 1. The van der Waals surface area contributed by atoms with Crippen LogP contribution in [0.2, 0.25) is 0 Å². The molecule has 5 nitrogen and oxygen atoms in total. The zero-order valence-electron chi connectivity index (χ0n) is 16.2. The van der Waals surface area contributed by atoms with Gasteiger partial charge in [-0.2, -0.15) is 8.78 Å². The largest absolute Gasteiger partial charge is 0.435 e. The van der Waals surface area contributed by atoms with E-state index in [2.05, 4.69) is 9.72 Å². The van der Waals surface area contributed by atoms with Crippen LogP contribution in [0.1, 0.15) is 15.9 Å². The van der Waals surface area contributed by atoms with Crippen LogP contribution in [0.5, 0.6) is 5.75 Å². The Kier molecular flexibility index (Phi) is 5.43. The molecule has 0 aliphatic carbocycles. The number of nitrogens with zero attached hydrogens (tertiary/aromatic N) is 3. The molecular formula is C23H19F2N3O2. The van der Waals surface area contributed by atoms with Crippen molar-refractivity contribution in [3.63, 3.8) is 0 Å². The van der Waals surface area contributed by atoms with E-state index in [0.717, 1.165) is 22.3 Å². The van der Waals surface area contributed by atoms with Crippen molar-refractivity contribution in [3.05, 3.63) is 90.3 Å². The predicted molar refractivity (Wildman–Crippen MR) is 110 cm³/mol. The lowest BCUT2D eigenvalue weighted by atomic mass is 10.1. The summed E-state index contributed by atoms with van der Waals surface area (Å²) in [4.78, 5) is 18.7. The zero-order chi connectivity index (χ0) is 21.1. The first kappa shape index (κ1) is 19.6. The number of hydrogen-bond acceptors (Lipinski definition) is 3. The lowest BCUT2D eigenvalue weighted by Crippen LogP contribution is -2.26. The van der Waals surface area contributed by atoms with Gasteiger partial charge in [-0.1, -0.05) is 24.3 Å². The fraction of sp³-hybridized carbons (Fsp3) is 0.130. The van der Waals surface area contributed by atoms with Gasteiger partial charge < -0.3 is 9.64 Å². The topological polar surface area (TPSA) is 47.4 Å². The second-order valence-electron chi connectivity index (χ2n) is 6.83. The molecule has 3 aromatic carbocycles. The summed E-state index contributed by atoms with van der Waals surface area (Å²) in [6.45, 7) is -2.51. The fourth-order valence-corrected chi connectivity index (χ4v) is 3.27. The van der Waals surface area contributed by atoms with Gasteiger partial charge in [0.05, 0.1) is 11.0 Å². The number of amides is 1. The van der Waals surface area contributed by atoms with E-state index in [-0.39, 0.29) is 11.7 Å².